The van der Waals surface area contributed by atoms with Gasteiger partial charge in [-0.25, -0.2) is 0 Å². The van der Waals surface area contributed by atoms with Gasteiger partial charge in [-0.15, -0.1) is 0 Å². The van der Waals surface area contributed by atoms with E-state index < -0.39 is 9.84 Å². The van der Waals surface area contributed by atoms with E-state index in [2.05, 4.69) is 33.7 Å². The molecule has 0 aromatic heterocycles. The van der Waals surface area contributed by atoms with Crippen LogP contribution in [0.15, 0.2) is 58.3 Å². The first-order valence-electron chi connectivity index (χ1n) is 4.84. The standard InChI is InChI=1S/C12H8As2O2S/c13-10-7-4-8-11(12(10)14)17(15,16)9-5-2-1-3-6-9/h1-8H. The van der Waals surface area contributed by atoms with Gasteiger partial charge in [0.25, 0.3) is 0 Å². The fourth-order valence-electron chi connectivity index (χ4n) is 1.45. The van der Waals surface area contributed by atoms with Crippen LogP contribution in [0.4, 0.5) is 0 Å². The Morgan fingerprint density at radius 2 is 1.47 bits per heavy atom. The Morgan fingerprint density at radius 1 is 0.824 bits per heavy atom. The Kier molecular flexibility index (Phi) is 3.82. The molecule has 2 nitrogen and oxygen atoms in total. The summed E-state index contributed by atoms with van der Waals surface area (Å²) in [5.41, 5.74) is 0. The number of hydrogen-bond donors (Lipinski definition) is 0. The summed E-state index contributed by atoms with van der Waals surface area (Å²) in [6.45, 7) is 0. The summed E-state index contributed by atoms with van der Waals surface area (Å²) in [7, 11) is -3.42. The van der Waals surface area contributed by atoms with Crippen LogP contribution in [0.1, 0.15) is 0 Å². The van der Waals surface area contributed by atoms with E-state index in [1.54, 1.807) is 42.5 Å². The van der Waals surface area contributed by atoms with Crippen LogP contribution in [0.2, 0.25) is 0 Å². The number of rotatable bonds is 2. The van der Waals surface area contributed by atoms with Gasteiger partial charge in [-0.3, -0.25) is 0 Å². The number of sulfone groups is 1. The third-order valence-corrected chi connectivity index (χ3v) is 7.09. The second-order valence-electron chi connectivity index (χ2n) is 3.44. The molecule has 2 rings (SSSR count). The van der Waals surface area contributed by atoms with Gasteiger partial charge in [0.15, 0.2) is 0 Å². The molecule has 0 spiro atoms. The molecular weight excluding hydrogens is 358 g/mol. The van der Waals surface area contributed by atoms with Crippen LogP contribution in [0.3, 0.4) is 0 Å². The van der Waals surface area contributed by atoms with Crippen LogP contribution in [0, 0.1) is 0 Å². The molecule has 0 amide bonds. The van der Waals surface area contributed by atoms with E-state index in [1.165, 1.54) is 0 Å². The molecule has 4 radical (unpaired) electrons. The van der Waals surface area contributed by atoms with Crippen LogP contribution < -0.4 is 8.70 Å². The zero-order valence-corrected chi connectivity index (χ0v) is 13.3. The van der Waals surface area contributed by atoms with Gasteiger partial charge in [0.05, 0.1) is 0 Å². The van der Waals surface area contributed by atoms with Crippen molar-refractivity contribution in [2.75, 3.05) is 0 Å². The molecule has 5 heteroatoms. The van der Waals surface area contributed by atoms with Crippen molar-refractivity contribution in [3.8, 4) is 0 Å². The quantitative estimate of drug-likeness (QED) is 0.708. The summed E-state index contributed by atoms with van der Waals surface area (Å²) < 4.78 is 26.4. The second-order valence-corrected chi connectivity index (χ2v) is 7.31. The van der Waals surface area contributed by atoms with Gasteiger partial charge < -0.3 is 0 Å². The van der Waals surface area contributed by atoms with Gasteiger partial charge in [0.2, 0.25) is 0 Å². The van der Waals surface area contributed by atoms with E-state index in [1.807, 2.05) is 6.07 Å². The molecule has 0 aliphatic carbocycles. The maximum absolute atomic E-state index is 12.4. The third-order valence-electron chi connectivity index (χ3n) is 2.32. The van der Waals surface area contributed by atoms with E-state index >= 15 is 0 Å². The third kappa shape index (κ3) is 2.52. The summed E-state index contributed by atoms with van der Waals surface area (Å²) in [6.07, 6.45) is 0. The van der Waals surface area contributed by atoms with Crippen molar-refractivity contribution in [1.29, 1.82) is 0 Å². The molecule has 0 saturated carbocycles. The molecule has 0 atom stereocenters. The molecule has 0 fully saturated rings. The summed E-state index contributed by atoms with van der Waals surface area (Å²) in [6, 6.07) is 13.7. The fourth-order valence-corrected chi connectivity index (χ4v) is 4.51. The molecule has 0 heterocycles. The van der Waals surface area contributed by atoms with Crippen molar-refractivity contribution < 1.29 is 8.42 Å². The van der Waals surface area contributed by atoms with Crippen LogP contribution >= 0.6 is 0 Å². The van der Waals surface area contributed by atoms with Crippen molar-refractivity contribution in [1.82, 2.24) is 0 Å². The topological polar surface area (TPSA) is 34.1 Å². The second kappa shape index (κ2) is 5.02. The summed E-state index contributed by atoms with van der Waals surface area (Å²) in [4.78, 5) is 0.673. The van der Waals surface area contributed by atoms with Gasteiger partial charge in [0, 0.05) is 0 Å². The number of hydrogen-bond acceptors (Lipinski definition) is 2. The van der Waals surface area contributed by atoms with Gasteiger partial charge in [-0.2, -0.15) is 0 Å². The molecular formula is C12H8As2O2S. The average molecular weight is 366 g/mol. The van der Waals surface area contributed by atoms with Crippen molar-refractivity contribution in [2.24, 2.45) is 0 Å². The molecule has 0 bridgehead atoms. The first-order chi connectivity index (χ1) is 8.03. The SMILES string of the molecule is O=S(=O)(c1ccccc1)c1cccc([As])c1[As]. The van der Waals surface area contributed by atoms with Crippen LogP contribution in [-0.4, -0.2) is 42.1 Å². The molecule has 0 unspecified atom stereocenters. The Morgan fingerprint density at radius 3 is 2.12 bits per heavy atom. The zero-order valence-electron chi connectivity index (χ0n) is 8.74. The van der Waals surface area contributed by atoms with E-state index in [0.29, 0.717) is 9.79 Å². The average Bonchev–Trinajstić information content (AvgIpc) is 2.33. The monoisotopic (exact) mass is 366 g/mol. The van der Waals surface area contributed by atoms with Crippen LogP contribution in [0.25, 0.3) is 0 Å². The van der Waals surface area contributed by atoms with E-state index in [9.17, 15) is 8.42 Å². The first-order valence-corrected chi connectivity index (χ1v) is 8.20. The van der Waals surface area contributed by atoms with Crippen molar-refractivity contribution >= 4 is 52.2 Å². The Hall–Kier alpha value is -0.493. The predicted octanol–water partition coefficient (Wildman–Crippen LogP) is 0.107. The Labute approximate surface area is 118 Å². The van der Waals surface area contributed by atoms with E-state index in [0.717, 1.165) is 8.70 Å². The minimum atomic E-state index is -3.42. The van der Waals surface area contributed by atoms with Gasteiger partial charge >= 0.3 is 119 Å². The fraction of sp³-hybridized carbons (Fsp3) is 0. The first kappa shape index (κ1) is 13.0. The molecule has 2 aromatic carbocycles. The molecule has 0 N–H and O–H groups in total. The van der Waals surface area contributed by atoms with Crippen LogP contribution in [-0.2, 0) is 9.84 Å². The van der Waals surface area contributed by atoms with Gasteiger partial charge in [0.1, 0.15) is 0 Å². The Bertz CT molecular complexity index is 637. The minimum absolute atomic E-state index is 0.324. The molecule has 0 aliphatic rings. The molecule has 84 valence electrons. The Balaban J connectivity index is 2.65. The number of benzene rings is 2. The predicted molar refractivity (Wildman–Crippen MR) is 69.1 cm³/mol. The summed E-state index contributed by atoms with van der Waals surface area (Å²) in [5.74, 6) is 0. The van der Waals surface area contributed by atoms with E-state index in [-0.39, 0.29) is 0 Å². The summed E-state index contributed by atoms with van der Waals surface area (Å²) in [5, 5.41) is 0. The van der Waals surface area contributed by atoms with Crippen molar-refractivity contribution in [3.05, 3.63) is 48.5 Å². The van der Waals surface area contributed by atoms with Crippen molar-refractivity contribution in [3.63, 3.8) is 0 Å². The summed E-state index contributed by atoms with van der Waals surface area (Å²) >= 11 is 4.70. The van der Waals surface area contributed by atoms with E-state index in [4.69, 9.17) is 0 Å². The maximum atomic E-state index is 12.4. The van der Waals surface area contributed by atoms with Crippen molar-refractivity contribution in [2.45, 2.75) is 9.79 Å². The zero-order chi connectivity index (χ0) is 12.5. The van der Waals surface area contributed by atoms with Crippen LogP contribution in [0.5, 0.6) is 0 Å². The van der Waals surface area contributed by atoms with Gasteiger partial charge in [-0.05, 0) is 0 Å². The normalized spacial score (nSPS) is 11.4. The molecule has 0 saturated heterocycles. The molecule has 17 heavy (non-hydrogen) atoms. The van der Waals surface area contributed by atoms with Gasteiger partial charge in [-0.1, -0.05) is 0 Å². The molecule has 2 aromatic rings. The molecule has 0 aliphatic heterocycles.